The van der Waals surface area contributed by atoms with Crippen LogP contribution in [-0.4, -0.2) is 14.7 Å². The summed E-state index contributed by atoms with van der Waals surface area (Å²) in [5.41, 5.74) is 2.90. The Morgan fingerprint density at radius 2 is 1.70 bits per heavy atom. The van der Waals surface area contributed by atoms with Crippen LogP contribution in [0.5, 0.6) is 5.75 Å². The fourth-order valence-corrected chi connectivity index (χ4v) is 2.69. The standard InChI is InChI=1S/C17H12N2O/c20-13-6-3-5-12(11-13)19-16-9-2-1-7-14(16)15-8-4-10-18-17(15)19/h1-11,20H. The van der Waals surface area contributed by atoms with E-state index in [0.717, 1.165) is 22.2 Å². The molecule has 2 heterocycles. The van der Waals surface area contributed by atoms with Crippen LogP contribution in [0.25, 0.3) is 27.6 Å². The highest BCUT2D eigenvalue weighted by atomic mass is 16.3. The van der Waals surface area contributed by atoms with E-state index < -0.39 is 0 Å². The Balaban J connectivity index is 2.21. The average molecular weight is 260 g/mol. The molecule has 0 radical (unpaired) electrons. The molecule has 4 aromatic rings. The summed E-state index contributed by atoms with van der Waals surface area (Å²) in [6, 6.07) is 19.5. The van der Waals surface area contributed by atoms with Crippen molar-refractivity contribution in [2.24, 2.45) is 0 Å². The molecule has 0 spiro atoms. The Morgan fingerprint density at radius 1 is 0.850 bits per heavy atom. The minimum Gasteiger partial charge on any atom is -0.508 e. The number of benzene rings is 2. The van der Waals surface area contributed by atoms with E-state index in [1.807, 2.05) is 30.3 Å². The number of fused-ring (bicyclic) bond motifs is 3. The van der Waals surface area contributed by atoms with E-state index in [-0.39, 0.29) is 5.75 Å². The van der Waals surface area contributed by atoms with Crippen LogP contribution in [0.3, 0.4) is 0 Å². The van der Waals surface area contributed by atoms with Crippen molar-refractivity contribution in [2.45, 2.75) is 0 Å². The van der Waals surface area contributed by atoms with Crippen LogP contribution in [0.15, 0.2) is 66.9 Å². The van der Waals surface area contributed by atoms with Gasteiger partial charge in [-0.25, -0.2) is 4.98 Å². The third-order valence-electron chi connectivity index (χ3n) is 3.52. The number of rotatable bonds is 1. The fraction of sp³-hybridized carbons (Fsp3) is 0. The fourth-order valence-electron chi connectivity index (χ4n) is 2.69. The van der Waals surface area contributed by atoms with Gasteiger partial charge in [0.05, 0.1) is 11.2 Å². The van der Waals surface area contributed by atoms with E-state index >= 15 is 0 Å². The summed E-state index contributed by atoms with van der Waals surface area (Å²) in [5, 5.41) is 12.0. The van der Waals surface area contributed by atoms with Crippen LogP contribution in [-0.2, 0) is 0 Å². The molecule has 0 atom stereocenters. The normalized spacial score (nSPS) is 11.2. The number of aromatic nitrogens is 2. The quantitative estimate of drug-likeness (QED) is 0.564. The Kier molecular flexibility index (Phi) is 2.27. The van der Waals surface area contributed by atoms with Gasteiger partial charge in [-0.05, 0) is 30.3 Å². The minimum absolute atomic E-state index is 0.254. The molecule has 0 aliphatic carbocycles. The zero-order chi connectivity index (χ0) is 13.5. The first-order valence-electron chi connectivity index (χ1n) is 6.48. The van der Waals surface area contributed by atoms with Gasteiger partial charge in [0.1, 0.15) is 11.4 Å². The van der Waals surface area contributed by atoms with Gasteiger partial charge >= 0.3 is 0 Å². The van der Waals surface area contributed by atoms with E-state index in [1.54, 1.807) is 18.3 Å². The maximum absolute atomic E-state index is 9.72. The van der Waals surface area contributed by atoms with E-state index in [1.165, 1.54) is 5.39 Å². The van der Waals surface area contributed by atoms with Gasteiger partial charge in [0.2, 0.25) is 0 Å². The number of hydrogen-bond acceptors (Lipinski definition) is 2. The molecule has 1 N–H and O–H groups in total. The van der Waals surface area contributed by atoms with Crippen molar-refractivity contribution >= 4 is 21.9 Å². The lowest BCUT2D eigenvalue weighted by atomic mass is 10.2. The van der Waals surface area contributed by atoms with Crippen molar-refractivity contribution in [3.05, 3.63) is 66.9 Å². The van der Waals surface area contributed by atoms with Crippen molar-refractivity contribution in [1.82, 2.24) is 9.55 Å². The van der Waals surface area contributed by atoms with Crippen molar-refractivity contribution in [3.63, 3.8) is 0 Å². The molecule has 4 rings (SSSR count). The number of phenolic OH excluding ortho intramolecular Hbond substituents is 1. The van der Waals surface area contributed by atoms with Gasteiger partial charge in [-0.2, -0.15) is 0 Å². The summed E-state index contributed by atoms with van der Waals surface area (Å²) in [4.78, 5) is 4.51. The van der Waals surface area contributed by atoms with Crippen molar-refractivity contribution in [3.8, 4) is 11.4 Å². The summed E-state index contributed by atoms with van der Waals surface area (Å²) in [5.74, 6) is 0.254. The molecule has 0 saturated heterocycles. The zero-order valence-corrected chi connectivity index (χ0v) is 10.7. The molecule has 3 heteroatoms. The topological polar surface area (TPSA) is 38.0 Å². The predicted octanol–water partition coefficient (Wildman–Crippen LogP) is 3.88. The van der Waals surface area contributed by atoms with Gasteiger partial charge in [0, 0.05) is 23.0 Å². The summed E-state index contributed by atoms with van der Waals surface area (Å²) in [6.07, 6.45) is 1.79. The van der Waals surface area contributed by atoms with Crippen LogP contribution in [0.4, 0.5) is 0 Å². The van der Waals surface area contributed by atoms with Crippen LogP contribution >= 0.6 is 0 Å². The van der Waals surface area contributed by atoms with Gasteiger partial charge in [0.15, 0.2) is 0 Å². The van der Waals surface area contributed by atoms with Gasteiger partial charge in [-0.3, -0.25) is 4.57 Å². The van der Waals surface area contributed by atoms with E-state index in [9.17, 15) is 5.11 Å². The molecule has 2 aromatic carbocycles. The summed E-state index contributed by atoms with van der Waals surface area (Å²) in [7, 11) is 0. The molecule has 0 aliphatic heterocycles. The molecule has 96 valence electrons. The third kappa shape index (κ3) is 1.50. The molecule has 0 unspecified atom stereocenters. The first-order chi connectivity index (χ1) is 9.84. The molecular formula is C17H12N2O. The highest BCUT2D eigenvalue weighted by molar-refractivity contribution is 6.07. The van der Waals surface area contributed by atoms with Crippen molar-refractivity contribution in [2.75, 3.05) is 0 Å². The Bertz CT molecular complexity index is 871. The number of aromatic hydroxyl groups is 1. The second-order valence-electron chi connectivity index (χ2n) is 4.75. The zero-order valence-electron chi connectivity index (χ0n) is 10.7. The van der Waals surface area contributed by atoms with Gasteiger partial charge in [0.25, 0.3) is 0 Å². The molecule has 3 nitrogen and oxygen atoms in total. The summed E-state index contributed by atoms with van der Waals surface area (Å²) in [6.45, 7) is 0. The molecule has 2 aromatic heterocycles. The van der Waals surface area contributed by atoms with E-state index in [0.29, 0.717) is 0 Å². The highest BCUT2D eigenvalue weighted by Crippen LogP contribution is 2.31. The molecule has 0 bridgehead atoms. The maximum Gasteiger partial charge on any atom is 0.145 e. The lowest BCUT2D eigenvalue weighted by Crippen LogP contribution is -1.94. The largest absolute Gasteiger partial charge is 0.508 e. The monoisotopic (exact) mass is 260 g/mol. The van der Waals surface area contributed by atoms with Crippen molar-refractivity contribution in [1.29, 1.82) is 0 Å². The van der Waals surface area contributed by atoms with E-state index in [2.05, 4.69) is 27.8 Å². The Hall–Kier alpha value is -2.81. The summed E-state index contributed by atoms with van der Waals surface area (Å²) < 4.78 is 2.07. The SMILES string of the molecule is Oc1cccc(-n2c3ccccc3c3cccnc32)c1. The number of para-hydroxylation sites is 1. The minimum atomic E-state index is 0.254. The highest BCUT2D eigenvalue weighted by Gasteiger charge is 2.12. The molecular weight excluding hydrogens is 248 g/mol. The lowest BCUT2D eigenvalue weighted by Gasteiger charge is -2.06. The van der Waals surface area contributed by atoms with Gasteiger partial charge in [-0.15, -0.1) is 0 Å². The lowest BCUT2D eigenvalue weighted by molar-refractivity contribution is 0.475. The number of phenols is 1. The summed E-state index contributed by atoms with van der Waals surface area (Å²) >= 11 is 0. The Labute approximate surface area is 115 Å². The van der Waals surface area contributed by atoms with Crippen molar-refractivity contribution < 1.29 is 5.11 Å². The maximum atomic E-state index is 9.72. The first-order valence-corrected chi connectivity index (χ1v) is 6.48. The molecule has 20 heavy (non-hydrogen) atoms. The van der Waals surface area contributed by atoms with Crippen LogP contribution < -0.4 is 0 Å². The van der Waals surface area contributed by atoms with Gasteiger partial charge < -0.3 is 5.11 Å². The van der Waals surface area contributed by atoms with Gasteiger partial charge in [-0.1, -0.05) is 24.3 Å². The van der Waals surface area contributed by atoms with Crippen LogP contribution in [0, 0.1) is 0 Å². The molecule has 0 saturated carbocycles. The third-order valence-corrected chi connectivity index (χ3v) is 3.52. The average Bonchev–Trinajstić information content (AvgIpc) is 2.82. The van der Waals surface area contributed by atoms with Crippen LogP contribution in [0.1, 0.15) is 0 Å². The molecule has 0 aliphatic rings. The Morgan fingerprint density at radius 3 is 2.60 bits per heavy atom. The smallest absolute Gasteiger partial charge is 0.145 e. The second-order valence-corrected chi connectivity index (χ2v) is 4.75. The predicted molar refractivity (Wildman–Crippen MR) is 80.2 cm³/mol. The number of hydrogen-bond donors (Lipinski definition) is 1. The molecule has 0 fully saturated rings. The van der Waals surface area contributed by atoms with E-state index in [4.69, 9.17) is 0 Å². The second kappa shape index (κ2) is 4.10. The van der Waals surface area contributed by atoms with Crippen LogP contribution in [0.2, 0.25) is 0 Å². The first kappa shape index (κ1) is 11.1. The number of nitrogens with zero attached hydrogens (tertiary/aromatic N) is 2. The molecule has 0 amide bonds. The number of pyridine rings is 1.